The van der Waals surface area contributed by atoms with Crippen LogP contribution in [0.2, 0.25) is 0 Å². The summed E-state index contributed by atoms with van der Waals surface area (Å²) < 4.78 is 13.2. The molecule has 4 aromatic rings. The van der Waals surface area contributed by atoms with Crippen LogP contribution in [0.4, 0.5) is 11.4 Å². The molecule has 33 heavy (non-hydrogen) atoms. The molecule has 0 saturated carbocycles. The van der Waals surface area contributed by atoms with Gasteiger partial charge in [-0.05, 0) is 59.7 Å². The monoisotopic (exact) mass is 438 g/mol. The van der Waals surface area contributed by atoms with Gasteiger partial charge >= 0.3 is 0 Å². The van der Waals surface area contributed by atoms with E-state index in [9.17, 15) is 0 Å². The molecule has 0 saturated heterocycles. The fourth-order valence-electron chi connectivity index (χ4n) is 4.15. The molecule has 0 fully saturated rings. The SMILES string of the molecule is CC(C)(C(Oc1ccccc1)c1cccc(N)c1)C(Oc1ccccc1)c1cccc(N)c1. The molecule has 4 rings (SSSR count). The normalized spacial score (nSPS) is 13.2. The van der Waals surface area contributed by atoms with Crippen LogP contribution in [0.25, 0.3) is 0 Å². The lowest BCUT2D eigenvalue weighted by molar-refractivity contribution is -0.0250. The summed E-state index contributed by atoms with van der Waals surface area (Å²) in [6, 6.07) is 35.4. The summed E-state index contributed by atoms with van der Waals surface area (Å²) in [5, 5.41) is 0. The standard InChI is InChI=1S/C29H30N2O2/c1-29(2,27(21-11-9-13-23(30)19-21)32-25-15-5-3-6-16-25)28(22-12-10-14-24(31)20-22)33-26-17-7-4-8-18-26/h3-20,27-28H,30-31H2,1-2H3. The molecule has 2 atom stereocenters. The summed E-state index contributed by atoms with van der Waals surface area (Å²) in [4.78, 5) is 0. The first-order chi connectivity index (χ1) is 15.9. The Balaban J connectivity index is 1.81. The molecule has 4 nitrogen and oxygen atoms in total. The zero-order valence-corrected chi connectivity index (χ0v) is 19.0. The van der Waals surface area contributed by atoms with Crippen molar-refractivity contribution >= 4 is 11.4 Å². The van der Waals surface area contributed by atoms with Gasteiger partial charge in [-0.15, -0.1) is 0 Å². The Kier molecular flexibility index (Phi) is 6.55. The fourth-order valence-corrected chi connectivity index (χ4v) is 4.15. The second-order valence-corrected chi connectivity index (χ2v) is 8.78. The van der Waals surface area contributed by atoms with Crippen molar-refractivity contribution in [2.45, 2.75) is 26.1 Å². The van der Waals surface area contributed by atoms with Crippen LogP contribution in [0.1, 0.15) is 37.2 Å². The maximum Gasteiger partial charge on any atom is 0.133 e. The number of nitrogens with two attached hydrogens (primary N) is 2. The highest BCUT2D eigenvalue weighted by Crippen LogP contribution is 2.48. The lowest BCUT2D eigenvalue weighted by Gasteiger charge is -2.41. The molecule has 4 N–H and O–H groups in total. The van der Waals surface area contributed by atoms with Crippen molar-refractivity contribution < 1.29 is 9.47 Å². The second kappa shape index (κ2) is 9.70. The first-order valence-corrected chi connectivity index (χ1v) is 11.1. The van der Waals surface area contributed by atoms with Gasteiger partial charge in [0.15, 0.2) is 0 Å². The van der Waals surface area contributed by atoms with Crippen molar-refractivity contribution in [2.75, 3.05) is 11.5 Å². The van der Waals surface area contributed by atoms with Crippen LogP contribution in [-0.2, 0) is 0 Å². The lowest BCUT2D eigenvalue weighted by Crippen LogP contribution is -2.36. The molecule has 4 heteroatoms. The number of hydrogen-bond donors (Lipinski definition) is 2. The Bertz CT molecular complexity index is 1080. The largest absolute Gasteiger partial charge is 0.485 e. The highest BCUT2D eigenvalue weighted by Gasteiger charge is 2.43. The van der Waals surface area contributed by atoms with Gasteiger partial charge in [-0.25, -0.2) is 0 Å². The summed E-state index contributed by atoms with van der Waals surface area (Å²) in [5.41, 5.74) is 15.1. The number of para-hydroxylation sites is 2. The third-order valence-corrected chi connectivity index (χ3v) is 5.77. The smallest absolute Gasteiger partial charge is 0.133 e. The van der Waals surface area contributed by atoms with Crippen molar-refractivity contribution in [2.24, 2.45) is 5.41 Å². The predicted molar refractivity (Wildman–Crippen MR) is 135 cm³/mol. The maximum atomic E-state index is 6.62. The number of anilines is 2. The van der Waals surface area contributed by atoms with E-state index in [0.29, 0.717) is 11.4 Å². The molecule has 4 aromatic carbocycles. The van der Waals surface area contributed by atoms with Gasteiger partial charge in [0, 0.05) is 16.8 Å². The molecule has 0 aliphatic carbocycles. The van der Waals surface area contributed by atoms with Crippen LogP contribution in [0.15, 0.2) is 109 Å². The van der Waals surface area contributed by atoms with E-state index in [-0.39, 0.29) is 12.2 Å². The molecule has 0 amide bonds. The Morgan fingerprint density at radius 2 is 0.939 bits per heavy atom. The van der Waals surface area contributed by atoms with E-state index >= 15 is 0 Å². The van der Waals surface area contributed by atoms with Gasteiger partial charge in [0.25, 0.3) is 0 Å². The van der Waals surface area contributed by atoms with E-state index in [1.165, 1.54) is 0 Å². The summed E-state index contributed by atoms with van der Waals surface area (Å²) in [6.45, 7) is 4.31. The number of ether oxygens (including phenoxy) is 2. The zero-order chi connectivity index (χ0) is 23.3. The molecule has 0 aromatic heterocycles. The minimum atomic E-state index is -0.521. The Morgan fingerprint density at radius 1 is 0.545 bits per heavy atom. The van der Waals surface area contributed by atoms with Gasteiger partial charge in [0.05, 0.1) is 0 Å². The third kappa shape index (κ3) is 5.29. The highest BCUT2D eigenvalue weighted by molar-refractivity contribution is 5.44. The average molecular weight is 439 g/mol. The number of hydrogen-bond acceptors (Lipinski definition) is 4. The number of nitrogen functional groups attached to an aromatic ring is 2. The van der Waals surface area contributed by atoms with Crippen molar-refractivity contribution in [3.63, 3.8) is 0 Å². The van der Waals surface area contributed by atoms with E-state index in [2.05, 4.69) is 13.8 Å². The Morgan fingerprint density at radius 3 is 1.30 bits per heavy atom. The second-order valence-electron chi connectivity index (χ2n) is 8.78. The summed E-state index contributed by atoms with van der Waals surface area (Å²) >= 11 is 0. The maximum absolute atomic E-state index is 6.62. The van der Waals surface area contributed by atoms with Crippen molar-refractivity contribution in [3.8, 4) is 11.5 Å². The first kappa shape index (κ1) is 22.3. The topological polar surface area (TPSA) is 70.5 Å². The van der Waals surface area contributed by atoms with Crippen molar-refractivity contribution in [1.82, 2.24) is 0 Å². The Labute approximate surface area is 195 Å². The van der Waals surface area contributed by atoms with Crippen LogP contribution < -0.4 is 20.9 Å². The van der Waals surface area contributed by atoms with Gasteiger partial charge in [0.2, 0.25) is 0 Å². The van der Waals surface area contributed by atoms with Gasteiger partial charge in [-0.3, -0.25) is 0 Å². The molecular weight excluding hydrogens is 408 g/mol. The van der Waals surface area contributed by atoms with E-state index in [1.54, 1.807) is 0 Å². The highest BCUT2D eigenvalue weighted by atomic mass is 16.5. The molecule has 168 valence electrons. The minimum absolute atomic E-state index is 0.349. The summed E-state index contributed by atoms with van der Waals surface area (Å²) in [5.74, 6) is 1.56. The minimum Gasteiger partial charge on any atom is -0.485 e. The van der Waals surface area contributed by atoms with E-state index < -0.39 is 5.41 Å². The molecular formula is C29H30N2O2. The first-order valence-electron chi connectivity index (χ1n) is 11.1. The number of benzene rings is 4. The summed E-state index contributed by atoms with van der Waals surface area (Å²) in [6.07, 6.45) is -0.697. The van der Waals surface area contributed by atoms with Crippen LogP contribution in [0, 0.1) is 5.41 Å². The Hall–Kier alpha value is -3.92. The molecule has 0 aliphatic rings. The van der Waals surface area contributed by atoms with Crippen LogP contribution in [0.3, 0.4) is 0 Å². The van der Waals surface area contributed by atoms with Gasteiger partial charge in [-0.1, -0.05) is 74.5 Å². The molecule has 0 heterocycles. The zero-order valence-electron chi connectivity index (χ0n) is 19.0. The van der Waals surface area contributed by atoms with Crippen LogP contribution >= 0.6 is 0 Å². The average Bonchev–Trinajstić information content (AvgIpc) is 2.82. The van der Waals surface area contributed by atoms with Crippen molar-refractivity contribution in [1.29, 1.82) is 0 Å². The van der Waals surface area contributed by atoms with Crippen LogP contribution in [-0.4, -0.2) is 0 Å². The fraction of sp³-hybridized carbons (Fsp3) is 0.172. The van der Waals surface area contributed by atoms with Crippen LogP contribution in [0.5, 0.6) is 11.5 Å². The predicted octanol–water partition coefficient (Wildman–Crippen LogP) is 6.82. The third-order valence-electron chi connectivity index (χ3n) is 5.77. The van der Waals surface area contributed by atoms with E-state index in [4.69, 9.17) is 20.9 Å². The van der Waals surface area contributed by atoms with Gasteiger partial charge in [-0.2, -0.15) is 0 Å². The molecule has 2 unspecified atom stereocenters. The number of rotatable bonds is 8. The molecule has 0 spiro atoms. The quantitative estimate of drug-likeness (QED) is 0.296. The molecule has 0 aliphatic heterocycles. The van der Waals surface area contributed by atoms with Crippen molar-refractivity contribution in [3.05, 3.63) is 120 Å². The lowest BCUT2D eigenvalue weighted by atomic mass is 9.74. The van der Waals surface area contributed by atoms with E-state index in [0.717, 1.165) is 22.6 Å². The summed E-state index contributed by atoms with van der Waals surface area (Å²) in [7, 11) is 0. The van der Waals surface area contributed by atoms with Gasteiger partial charge in [0.1, 0.15) is 23.7 Å². The molecule has 0 bridgehead atoms. The van der Waals surface area contributed by atoms with Gasteiger partial charge < -0.3 is 20.9 Å². The molecule has 0 radical (unpaired) electrons. The van der Waals surface area contributed by atoms with E-state index in [1.807, 2.05) is 109 Å².